The Hall–Kier alpha value is -2.43. The lowest BCUT2D eigenvalue weighted by Gasteiger charge is -2.06. The first kappa shape index (κ1) is 12.6. The van der Waals surface area contributed by atoms with Crippen molar-refractivity contribution in [1.82, 2.24) is 4.98 Å². The normalized spacial score (nSPS) is 20.4. The first-order valence-corrected chi connectivity index (χ1v) is 6.57. The Balaban J connectivity index is 1.71. The average molecular weight is 269 g/mol. The van der Waals surface area contributed by atoms with E-state index in [-0.39, 0.29) is 10.6 Å². The molecular formula is C15H15N3O2. The van der Waals surface area contributed by atoms with Gasteiger partial charge in [0, 0.05) is 23.7 Å². The molecule has 5 heteroatoms. The van der Waals surface area contributed by atoms with E-state index in [1.165, 1.54) is 11.6 Å². The molecule has 1 heterocycles. The van der Waals surface area contributed by atoms with E-state index in [1.807, 2.05) is 18.2 Å². The van der Waals surface area contributed by atoms with Gasteiger partial charge in [-0.2, -0.15) is 0 Å². The highest BCUT2D eigenvalue weighted by Gasteiger charge is 2.38. The highest BCUT2D eigenvalue weighted by atomic mass is 16.6. The minimum Gasteiger partial charge on any atom is -0.366 e. The largest absolute Gasteiger partial charge is 0.366 e. The third-order valence-corrected chi connectivity index (χ3v) is 3.62. The lowest BCUT2D eigenvalue weighted by molar-refractivity contribution is -0.385. The number of benzene rings is 1. The predicted octanol–water partition coefficient (Wildman–Crippen LogP) is 3.27. The van der Waals surface area contributed by atoms with Gasteiger partial charge >= 0.3 is 0 Å². The summed E-state index contributed by atoms with van der Waals surface area (Å²) in [4.78, 5) is 14.8. The number of anilines is 1. The van der Waals surface area contributed by atoms with Gasteiger partial charge in [-0.05, 0) is 18.9 Å². The van der Waals surface area contributed by atoms with Crippen LogP contribution >= 0.6 is 0 Å². The molecule has 3 rings (SSSR count). The first-order chi connectivity index (χ1) is 9.65. The van der Waals surface area contributed by atoms with Gasteiger partial charge in [-0.25, -0.2) is 4.98 Å². The molecule has 2 unspecified atom stereocenters. The second-order valence-corrected chi connectivity index (χ2v) is 5.12. The molecule has 1 N–H and O–H groups in total. The van der Waals surface area contributed by atoms with Crippen molar-refractivity contribution < 1.29 is 4.92 Å². The number of nitrogens with zero attached hydrogens (tertiary/aromatic N) is 2. The third kappa shape index (κ3) is 2.47. The number of nitro groups is 1. The van der Waals surface area contributed by atoms with Gasteiger partial charge in [-0.15, -0.1) is 0 Å². The smallest absolute Gasteiger partial charge is 0.277 e. The molecule has 1 aromatic carbocycles. The van der Waals surface area contributed by atoms with Crippen LogP contribution in [0.3, 0.4) is 0 Å². The molecular weight excluding hydrogens is 254 g/mol. The third-order valence-electron chi connectivity index (χ3n) is 3.62. The van der Waals surface area contributed by atoms with Crippen LogP contribution < -0.4 is 5.32 Å². The van der Waals surface area contributed by atoms with Crippen molar-refractivity contribution in [3.63, 3.8) is 0 Å². The van der Waals surface area contributed by atoms with Crippen LogP contribution in [0.25, 0.3) is 0 Å². The van der Waals surface area contributed by atoms with E-state index in [0.29, 0.717) is 23.3 Å². The summed E-state index contributed by atoms with van der Waals surface area (Å²) in [6.07, 6.45) is 2.58. The highest BCUT2D eigenvalue weighted by Crippen LogP contribution is 2.42. The summed E-state index contributed by atoms with van der Waals surface area (Å²) in [5, 5.41) is 14.2. The minimum atomic E-state index is -0.371. The van der Waals surface area contributed by atoms with Crippen LogP contribution in [-0.2, 0) is 0 Å². The maximum absolute atomic E-state index is 10.9. The van der Waals surface area contributed by atoms with Gasteiger partial charge in [0.2, 0.25) is 0 Å². The summed E-state index contributed by atoms with van der Waals surface area (Å²) in [5.74, 6) is 1.05. The Morgan fingerprint density at radius 1 is 1.35 bits per heavy atom. The van der Waals surface area contributed by atoms with E-state index < -0.39 is 0 Å². The summed E-state index contributed by atoms with van der Waals surface area (Å²) in [5.41, 5.74) is 1.99. The number of pyridine rings is 1. The van der Waals surface area contributed by atoms with Crippen LogP contribution in [0.2, 0.25) is 0 Å². The molecule has 2 atom stereocenters. The maximum atomic E-state index is 10.9. The molecule has 1 fully saturated rings. The molecule has 1 aliphatic rings. The zero-order valence-electron chi connectivity index (χ0n) is 11.1. The maximum Gasteiger partial charge on any atom is 0.277 e. The number of hydrogen-bond donors (Lipinski definition) is 1. The molecule has 5 nitrogen and oxygen atoms in total. The van der Waals surface area contributed by atoms with E-state index in [2.05, 4.69) is 22.4 Å². The van der Waals surface area contributed by atoms with Crippen LogP contribution in [0.1, 0.15) is 23.5 Å². The Labute approximate surface area is 116 Å². The van der Waals surface area contributed by atoms with Crippen LogP contribution in [0.5, 0.6) is 0 Å². The van der Waals surface area contributed by atoms with Crippen molar-refractivity contribution in [2.45, 2.75) is 25.3 Å². The zero-order valence-corrected chi connectivity index (χ0v) is 11.1. The molecule has 1 aromatic heterocycles. The van der Waals surface area contributed by atoms with Crippen molar-refractivity contribution in [1.29, 1.82) is 0 Å². The van der Waals surface area contributed by atoms with E-state index in [0.717, 1.165) is 6.42 Å². The fourth-order valence-corrected chi connectivity index (χ4v) is 2.40. The van der Waals surface area contributed by atoms with Gasteiger partial charge in [-0.1, -0.05) is 30.3 Å². The lowest BCUT2D eigenvalue weighted by Crippen LogP contribution is -2.06. The number of nitrogens with one attached hydrogen (secondary N) is 1. The zero-order chi connectivity index (χ0) is 14.1. The monoisotopic (exact) mass is 269 g/mol. The molecule has 102 valence electrons. The van der Waals surface area contributed by atoms with Gasteiger partial charge in [0.15, 0.2) is 0 Å². The summed E-state index contributed by atoms with van der Waals surface area (Å²) in [7, 11) is 0. The SMILES string of the molecule is Cc1cnc(NC2CC2c2ccccc2)cc1[N+](=O)[O-]. The van der Waals surface area contributed by atoms with Crippen molar-refractivity contribution in [2.75, 3.05) is 5.32 Å². The summed E-state index contributed by atoms with van der Waals surface area (Å²) >= 11 is 0. The van der Waals surface area contributed by atoms with Gasteiger partial charge in [-0.3, -0.25) is 10.1 Å². The van der Waals surface area contributed by atoms with Crippen LogP contribution in [-0.4, -0.2) is 15.9 Å². The average Bonchev–Trinajstić information content (AvgIpc) is 3.21. The van der Waals surface area contributed by atoms with E-state index in [9.17, 15) is 10.1 Å². The Kier molecular flexibility index (Phi) is 3.10. The summed E-state index contributed by atoms with van der Waals surface area (Å²) in [6, 6.07) is 12.1. The lowest BCUT2D eigenvalue weighted by atomic mass is 10.1. The van der Waals surface area contributed by atoms with Gasteiger partial charge in [0.25, 0.3) is 5.69 Å². The molecule has 0 aliphatic heterocycles. The second-order valence-electron chi connectivity index (χ2n) is 5.12. The second kappa shape index (κ2) is 4.92. The van der Waals surface area contributed by atoms with Gasteiger partial charge in [0.05, 0.1) is 11.0 Å². The van der Waals surface area contributed by atoms with E-state index >= 15 is 0 Å². The summed E-state index contributed by atoms with van der Waals surface area (Å²) in [6.45, 7) is 1.69. The topological polar surface area (TPSA) is 68.1 Å². The fraction of sp³-hybridized carbons (Fsp3) is 0.267. The molecule has 20 heavy (non-hydrogen) atoms. The predicted molar refractivity (Wildman–Crippen MR) is 76.8 cm³/mol. The van der Waals surface area contributed by atoms with Crippen molar-refractivity contribution in [3.05, 3.63) is 63.8 Å². The van der Waals surface area contributed by atoms with E-state index in [1.54, 1.807) is 13.1 Å². The number of hydrogen-bond acceptors (Lipinski definition) is 4. The standard InChI is InChI=1S/C15H15N3O2/c1-10-9-16-15(8-14(10)18(19)20)17-13-7-12(13)11-5-3-2-4-6-11/h2-6,8-9,12-13H,7H2,1H3,(H,16,17). The quantitative estimate of drug-likeness (QED) is 0.683. The molecule has 1 aliphatic carbocycles. The Bertz CT molecular complexity index is 643. The van der Waals surface area contributed by atoms with Crippen LogP contribution in [0, 0.1) is 17.0 Å². The molecule has 0 spiro atoms. The summed E-state index contributed by atoms with van der Waals surface area (Å²) < 4.78 is 0. The molecule has 0 radical (unpaired) electrons. The Morgan fingerprint density at radius 2 is 2.10 bits per heavy atom. The molecule has 0 bridgehead atoms. The van der Waals surface area contributed by atoms with E-state index in [4.69, 9.17) is 0 Å². The highest BCUT2D eigenvalue weighted by molar-refractivity contribution is 5.51. The fourth-order valence-electron chi connectivity index (χ4n) is 2.40. The molecule has 2 aromatic rings. The number of aromatic nitrogens is 1. The van der Waals surface area contributed by atoms with Gasteiger partial charge < -0.3 is 5.32 Å². The number of aryl methyl sites for hydroxylation is 1. The first-order valence-electron chi connectivity index (χ1n) is 6.57. The van der Waals surface area contributed by atoms with Crippen molar-refractivity contribution in [2.24, 2.45) is 0 Å². The number of rotatable bonds is 4. The molecule has 0 saturated heterocycles. The van der Waals surface area contributed by atoms with Crippen LogP contribution in [0.15, 0.2) is 42.6 Å². The molecule has 0 amide bonds. The minimum absolute atomic E-state index is 0.111. The van der Waals surface area contributed by atoms with Crippen molar-refractivity contribution >= 4 is 11.5 Å². The van der Waals surface area contributed by atoms with Crippen LogP contribution in [0.4, 0.5) is 11.5 Å². The Morgan fingerprint density at radius 3 is 2.80 bits per heavy atom. The molecule has 1 saturated carbocycles. The van der Waals surface area contributed by atoms with Gasteiger partial charge in [0.1, 0.15) is 5.82 Å². The van der Waals surface area contributed by atoms with Crippen molar-refractivity contribution in [3.8, 4) is 0 Å².